The summed E-state index contributed by atoms with van der Waals surface area (Å²) in [5.41, 5.74) is 0.401. The van der Waals surface area contributed by atoms with E-state index in [1.54, 1.807) is 18.2 Å². The number of ether oxygens (including phenoxy) is 2. The molecule has 6 nitrogen and oxygen atoms in total. The van der Waals surface area contributed by atoms with Gasteiger partial charge < -0.3 is 19.9 Å². The van der Waals surface area contributed by atoms with Crippen LogP contribution in [0.2, 0.25) is 0 Å². The molecule has 1 saturated carbocycles. The minimum Gasteiger partial charge on any atom is -0.486 e. The summed E-state index contributed by atoms with van der Waals surface area (Å²) in [5, 5.41) is 12.4. The fourth-order valence-corrected chi connectivity index (χ4v) is 3.45. The molecule has 0 spiro atoms. The Morgan fingerprint density at radius 3 is 2.58 bits per heavy atom. The molecule has 1 aliphatic heterocycles. The van der Waals surface area contributed by atoms with Gasteiger partial charge in [-0.2, -0.15) is 0 Å². The number of carbonyl (C=O) groups is 2. The Morgan fingerprint density at radius 2 is 1.79 bits per heavy atom. The van der Waals surface area contributed by atoms with Gasteiger partial charge in [-0.15, -0.1) is 0 Å². The van der Waals surface area contributed by atoms with E-state index in [1.165, 1.54) is 0 Å². The van der Waals surface area contributed by atoms with Gasteiger partial charge >= 0.3 is 5.97 Å². The average Bonchev–Trinajstić information content (AvgIpc) is 2.56. The molecule has 0 saturated heterocycles. The molecule has 1 amide bonds. The lowest BCUT2D eigenvalue weighted by Crippen LogP contribution is -2.44. The highest BCUT2D eigenvalue weighted by atomic mass is 16.6. The number of benzene rings is 1. The first kappa shape index (κ1) is 16.6. The molecule has 0 bridgehead atoms. The third-order valence-electron chi connectivity index (χ3n) is 4.71. The van der Waals surface area contributed by atoms with E-state index in [1.807, 2.05) is 0 Å². The molecule has 1 heterocycles. The minimum absolute atomic E-state index is 0.297. The van der Waals surface area contributed by atoms with Gasteiger partial charge in [-0.05, 0) is 25.0 Å². The largest absolute Gasteiger partial charge is 0.486 e. The lowest BCUT2D eigenvalue weighted by Gasteiger charge is -2.28. The summed E-state index contributed by atoms with van der Waals surface area (Å²) >= 11 is 0. The van der Waals surface area contributed by atoms with E-state index in [0.717, 1.165) is 25.7 Å². The van der Waals surface area contributed by atoms with Gasteiger partial charge in [0, 0.05) is 6.04 Å². The highest BCUT2D eigenvalue weighted by Crippen LogP contribution is 2.34. The number of hydrogen-bond donors (Lipinski definition) is 2. The third kappa shape index (κ3) is 3.63. The Kier molecular flexibility index (Phi) is 5.23. The molecule has 1 aliphatic carbocycles. The Bertz CT molecular complexity index is 615. The zero-order chi connectivity index (χ0) is 16.9. The van der Waals surface area contributed by atoms with Gasteiger partial charge in [0.25, 0.3) is 5.91 Å². The van der Waals surface area contributed by atoms with Crippen molar-refractivity contribution >= 4 is 11.9 Å². The molecule has 3 rings (SSSR count). The molecule has 1 fully saturated rings. The topological polar surface area (TPSA) is 84.9 Å². The first-order chi connectivity index (χ1) is 11.7. The molecule has 2 N–H and O–H groups in total. The molecule has 24 heavy (non-hydrogen) atoms. The van der Waals surface area contributed by atoms with Crippen molar-refractivity contribution in [3.05, 3.63) is 23.8 Å². The van der Waals surface area contributed by atoms with Gasteiger partial charge in [0.2, 0.25) is 0 Å². The van der Waals surface area contributed by atoms with Gasteiger partial charge in [-0.1, -0.05) is 31.7 Å². The lowest BCUT2D eigenvalue weighted by atomic mass is 9.86. The van der Waals surface area contributed by atoms with Crippen LogP contribution >= 0.6 is 0 Å². The molecule has 0 radical (unpaired) electrons. The number of para-hydroxylation sites is 1. The Labute approximate surface area is 141 Å². The summed E-state index contributed by atoms with van der Waals surface area (Å²) in [7, 11) is 0. The molecule has 1 aromatic carbocycles. The average molecular weight is 333 g/mol. The number of amides is 1. The van der Waals surface area contributed by atoms with Crippen LogP contribution in [-0.4, -0.2) is 36.2 Å². The van der Waals surface area contributed by atoms with E-state index in [4.69, 9.17) is 9.47 Å². The van der Waals surface area contributed by atoms with Crippen molar-refractivity contribution in [1.29, 1.82) is 0 Å². The number of hydrogen-bond acceptors (Lipinski definition) is 4. The van der Waals surface area contributed by atoms with Crippen molar-refractivity contribution in [2.45, 2.75) is 44.6 Å². The monoisotopic (exact) mass is 333 g/mol. The van der Waals surface area contributed by atoms with E-state index < -0.39 is 11.9 Å². The van der Waals surface area contributed by atoms with Crippen LogP contribution in [-0.2, 0) is 4.79 Å². The normalized spacial score (nSPS) is 23.7. The van der Waals surface area contributed by atoms with Crippen molar-refractivity contribution in [2.75, 3.05) is 13.2 Å². The lowest BCUT2D eigenvalue weighted by molar-refractivity contribution is -0.143. The van der Waals surface area contributed by atoms with Gasteiger partial charge in [0.15, 0.2) is 11.5 Å². The number of rotatable bonds is 3. The summed E-state index contributed by atoms with van der Waals surface area (Å²) < 4.78 is 11.1. The Balaban J connectivity index is 1.78. The van der Waals surface area contributed by atoms with Crippen molar-refractivity contribution in [3.63, 3.8) is 0 Å². The zero-order valence-corrected chi connectivity index (χ0v) is 13.6. The van der Waals surface area contributed by atoms with Crippen LogP contribution < -0.4 is 14.8 Å². The maximum Gasteiger partial charge on any atom is 0.308 e. The highest BCUT2D eigenvalue weighted by molar-refractivity contribution is 5.98. The van der Waals surface area contributed by atoms with Crippen LogP contribution in [0.4, 0.5) is 0 Å². The molecular weight excluding hydrogens is 310 g/mol. The van der Waals surface area contributed by atoms with Crippen LogP contribution in [0.5, 0.6) is 11.5 Å². The predicted molar refractivity (Wildman–Crippen MR) is 87.5 cm³/mol. The highest BCUT2D eigenvalue weighted by Gasteiger charge is 2.31. The van der Waals surface area contributed by atoms with Gasteiger partial charge in [-0.25, -0.2) is 0 Å². The second-order valence-corrected chi connectivity index (χ2v) is 6.35. The maximum absolute atomic E-state index is 12.7. The summed E-state index contributed by atoms with van der Waals surface area (Å²) in [6, 6.07) is 4.84. The number of carboxylic acid groups (broad SMARTS) is 1. The van der Waals surface area contributed by atoms with Crippen LogP contribution in [0.3, 0.4) is 0 Å². The fraction of sp³-hybridized carbons (Fsp3) is 0.556. The molecule has 1 aromatic rings. The number of aliphatic carboxylic acids is 1. The van der Waals surface area contributed by atoms with Crippen molar-refractivity contribution in [3.8, 4) is 11.5 Å². The number of carbonyl (C=O) groups excluding carboxylic acids is 1. The smallest absolute Gasteiger partial charge is 0.308 e. The van der Waals surface area contributed by atoms with E-state index in [-0.39, 0.29) is 11.9 Å². The van der Waals surface area contributed by atoms with Gasteiger partial charge in [0.05, 0.1) is 11.5 Å². The molecule has 130 valence electrons. The Morgan fingerprint density at radius 1 is 1.04 bits per heavy atom. The second-order valence-electron chi connectivity index (χ2n) is 6.35. The molecule has 2 atom stereocenters. The molecule has 2 unspecified atom stereocenters. The molecule has 2 aliphatic rings. The summed E-state index contributed by atoms with van der Waals surface area (Å²) in [4.78, 5) is 24.3. The SMILES string of the molecule is O=C(NC1CCCCCCC1C(=O)O)c1cccc2c1OCCO2. The maximum atomic E-state index is 12.7. The molecular formula is C18H23NO5. The number of nitrogens with one attached hydrogen (secondary N) is 1. The van der Waals surface area contributed by atoms with Crippen LogP contribution in [0.1, 0.15) is 48.9 Å². The molecule has 0 aromatic heterocycles. The summed E-state index contributed by atoms with van der Waals surface area (Å²) in [6.45, 7) is 0.861. The van der Waals surface area contributed by atoms with Gasteiger partial charge in [0.1, 0.15) is 13.2 Å². The van der Waals surface area contributed by atoms with E-state index in [9.17, 15) is 14.7 Å². The first-order valence-electron chi connectivity index (χ1n) is 8.59. The van der Waals surface area contributed by atoms with Crippen molar-refractivity contribution in [2.24, 2.45) is 5.92 Å². The van der Waals surface area contributed by atoms with Crippen molar-refractivity contribution in [1.82, 2.24) is 5.32 Å². The van der Waals surface area contributed by atoms with Gasteiger partial charge in [-0.3, -0.25) is 9.59 Å². The van der Waals surface area contributed by atoms with Crippen LogP contribution in [0.15, 0.2) is 18.2 Å². The standard InChI is InChI=1S/C18H23NO5/c20-17(13-7-5-9-15-16(13)24-11-10-23-15)19-14-8-4-2-1-3-6-12(14)18(21)22/h5,7,9,12,14H,1-4,6,8,10-11H2,(H,19,20)(H,21,22). The number of carboxylic acids is 1. The second kappa shape index (κ2) is 7.55. The van der Waals surface area contributed by atoms with E-state index in [2.05, 4.69) is 5.32 Å². The number of fused-ring (bicyclic) bond motifs is 1. The van der Waals surface area contributed by atoms with Crippen molar-refractivity contribution < 1.29 is 24.2 Å². The van der Waals surface area contributed by atoms with E-state index >= 15 is 0 Å². The summed E-state index contributed by atoms with van der Waals surface area (Å²) in [5.74, 6) is -0.669. The summed E-state index contributed by atoms with van der Waals surface area (Å²) in [6.07, 6.45) is 5.25. The fourth-order valence-electron chi connectivity index (χ4n) is 3.45. The minimum atomic E-state index is -0.836. The van der Waals surface area contributed by atoms with Crippen LogP contribution in [0, 0.1) is 5.92 Å². The predicted octanol–water partition coefficient (Wildman–Crippen LogP) is 2.61. The zero-order valence-electron chi connectivity index (χ0n) is 13.6. The quantitative estimate of drug-likeness (QED) is 0.888. The van der Waals surface area contributed by atoms with E-state index in [0.29, 0.717) is 43.1 Å². The molecule has 6 heteroatoms. The third-order valence-corrected chi connectivity index (χ3v) is 4.71. The Hall–Kier alpha value is -2.24. The van der Waals surface area contributed by atoms with Crippen LogP contribution in [0.25, 0.3) is 0 Å². The first-order valence-corrected chi connectivity index (χ1v) is 8.59.